The highest BCUT2D eigenvalue weighted by Crippen LogP contribution is 2.27. The molecule has 0 aliphatic heterocycles. The lowest BCUT2D eigenvalue weighted by Crippen LogP contribution is -2.38. The maximum atomic E-state index is 12.1. The number of alkyl halides is 3. The van der Waals surface area contributed by atoms with Crippen LogP contribution < -0.4 is 5.32 Å². The summed E-state index contributed by atoms with van der Waals surface area (Å²) in [5.74, 6) is 0. The molecule has 2 aromatic heterocycles. The second-order valence-corrected chi connectivity index (χ2v) is 5.62. The Morgan fingerprint density at radius 3 is 2.79 bits per heavy atom. The third-order valence-electron chi connectivity index (χ3n) is 2.31. The van der Waals surface area contributed by atoms with Crippen molar-refractivity contribution < 1.29 is 18.3 Å². The van der Waals surface area contributed by atoms with Gasteiger partial charge in [0, 0.05) is 18.5 Å². The number of hydrogen-bond donors (Lipinski definition) is 2. The summed E-state index contributed by atoms with van der Waals surface area (Å²) in [7, 11) is 0. The molecule has 0 aliphatic carbocycles. The first-order valence-corrected chi connectivity index (χ1v) is 7.16. The van der Waals surface area contributed by atoms with Crippen LogP contribution in [0, 0.1) is 0 Å². The first-order valence-electron chi connectivity index (χ1n) is 5.40. The Labute approximate surface area is 115 Å². The molecule has 3 nitrogen and oxygen atoms in total. The van der Waals surface area contributed by atoms with E-state index in [4.69, 9.17) is 5.11 Å². The second kappa shape index (κ2) is 6.00. The van der Waals surface area contributed by atoms with Crippen molar-refractivity contribution in [2.45, 2.75) is 18.8 Å². The molecule has 0 fully saturated rings. The lowest BCUT2D eigenvalue weighted by atomic mass is 10.3. The van der Waals surface area contributed by atoms with Gasteiger partial charge in [0.25, 0.3) is 0 Å². The van der Waals surface area contributed by atoms with Gasteiger partial charge in [-0.2, -0.15) is 13.2 Å². The first-order chi connectivity index (χ1) is 8.97. The predicted octanol–water partition coefficient (Wildman–Crippen LogP) is 2.88. The zero-order chi connectivity index (χ0) is 13.9. The lowest BCUT2D eigenvalue weighted by Gasteiger charge is -2.14. The Bertz CT molecular complexity index is 510. The van der Waals surface area contributed by atoms with Gasteiger partial charge in [0.2, 0.25) is 0 Å². The van der Waals surface area contributed by atoms with Crippen LogP contribution in [0.1, 0.15) is 5.69 Å². The highest BCUT2D eigenvalue weighted by Gasteiger charge is 2.37. The number of aromatic nitrogens is 1. The molecule has 0 saturated carbocycles. The van der Waals surface area contributed by atoms with Crippen LogP contribution in [0.4, 0.5) is 13.2 Å². The zero-order valence-corrected chi connectivity index (χ0v) is 11.3. The summed E-state index contributed by atoms with van der Waals surface area (Å²) >= 11 is 3.01. The lowest BCUT2D eigenvalue weighted by molar-refractivity contribution is -0.201. The Kier molecular flexibility index (Phi) is 4.56. The van der Waals surface area contributed by atoms with E-state index in [0.717, 1.165) is 9.88 Å². The highest BCUT2D eigenvalue weighted by molar-refractivity contribution is 7.20. The summed E-state index contributed by atoms with van der Waals surface area (Å²) in [4.78, 5) is 5.35. The van der Waals surface area contributed by atoms with Gasteiger partial charge < -0.3 is 10.4 Å². The number of thiophene rings is 1. The molecular formula is C11H11F3N2OS2. The van der Waals surface area contributed by atoms with Crippen LogP contribution >= 0.6 is 22.7 Å². The molecule has 0 saturated heterocycles. The molecule has 0 aliphatic rings. The van der Waals surface area contributed by atoms with Crippen molar-refractivity contribution in [3.63, 3.8) is 0 Å². The van der Waals surface area contributed by atoms with Crippen molar-refractivity contribution in [1.82, 2.24) is 10.3 Å². The molecule has 104 valence electrons. The van der Waals surface area contributed by atoms with Gasteiger partial charge in [0.1, 0.15) is 5.01 Å². The van der Waals surface area contributed by atoms with Crippen molar-refractivity contribution >= 4 is 22.7 Å². The van der Waals surface area contributed by atoms with Gasteiger partial charge in [0.05, 0.1) is 10.6 Å². The third kappa shape index (κ3) is 4.00. The standard InChI is InChI=1S/C11H11F3N2OS2/c12-11(13,14)9(17)5-15-4-7-6-19-10(16-7)8-2-1-3-18-8/h1-3,6,9,15,17H,4-5H2/t9-/m1/s1. The van der Waals surface area contributed by atoms with E-state index >= 15 is 0 Å². The summed E-state index contributed by atoms with van der Waals surface area (Å²) < 4.78 is 36.2. The van der Waals surface area contributed by atoms with Gasteiger partial charge in [-0.3, -0.25) is 0 Å². The van der Waals surface area contributed by atoms with Crippen LogP contribution in [0.15, 0.2) is 22.9 Å². The maximum Gasteiger partial charge on any atom is 0.415 e. The van der Waals surface area contributed by atoms with Crippen LogP contribution in [0.25, 0.3) is 9.88 Å². The fourth-order valence-corrected chi connectivity index (χ4v) is 2.99. The summed E-state index contributed by atoms with van der Waals surface area (Å²) in [6.45, 7) is -0.329. The molecule has 2 rings (SSSR count). The second-order valence-electron chi connectivity index (χ2n) is 3.81. The third-order valence-corrected chi connectivity index (χ3v) is 4.24. The van der Waals surface area contributed by atoms with E-state index in [1.54, 1.807) is 16.7 Å². The van der Waals surface area contributed by atoms with Crippen LogP contribution in [-0.2, 0) is 6.54 Å². The van der Waals surface area contributed by atoms with E-state index in [1.165, 1.54) is 11.3 Å². The number of nitrogens with one attached hydrogen (secondary N) is 1. The molecule has 0 amide bonds. The van der Waals surface area contributed by atoms with Crippen LogP contribution in [0.2, 0.25) is 0 Å². The Morgan fingerprint density at radius 2 is 2.16 bits per heavy atom. The summed E-state index contributed by atoms with van der Waals surface area (Å²) in [5, 5.41) is 15.9. The summed E-state index contributed by atoms with van der Waals surface area (Å²) in [5.41, 5.74) is 0.669. The number of aliphatic hydroxyl groups is 1. The molecule has 8 heteroatoms. The van der Waals surface area contributed by atoms with Crippen LogP contribution in [-0.4, -0.2) is 28.9 Å². The Morgan fingerprint density at radius 1 is 1.37 bits per heavy atom. The number of aliphatic hydroxyl groups excluding tert-OH is 1. The minimum Gasteiger partial charge on any atom is -0.382 e. The maximum absolute atomic E-state index is 12.1. The zero-order valence-electron chi connectivity index (χ0n) is 9.65. The normalized spacial score (nSPS) is 13.7. The van der Waals surface area contributed by atoms with Crippen molar-refractivity contribution in [3.05, 3.63) is 28.6 Å². The fraction of sp³-hybridized carbons (Fsp3) is 0.364. The van der Waals surface area contributed by atoms with Crippen molar-refractivity contribution in [2.24, 2.45) is 0 Å². The van der Waals surface area contributed by atoms with E-state index in [2.05, 4.69) is 10.3 Å². The number of thiazole rings is 1. The molecule has 0 aromatic carbocycles. The van der Waals surface area contributed by atoms with Crippen LogP contribution in [0.3, 0.4) is 0 Å². The predicted molar refractivity (Wildman–Crippen MR) is 69.2 cm³/mol. The highest BCUT2D eigenvalue weighted by atomic mass is 32.1. The summed E-state index contributed by atoms with van der Waals surface area (Å²) in [6, 6.07) is 3.85. The van der Waals surface area contributed by atoms with Crippen molar-refractivity contribution in [2.75, 3.05) is 6.54 Å². The largest absolute Gasteiger partial charge is 0.415 e. The van der Waals surface area contributed by atoms with Crippen molar-refractivity contribution in [1.29, 1.82) is 0 Å². The van der Waals surface area contributed by atoms with Crippen molar-refractivity contribution in [3.8, 4) is 9.88 Å². The molecule has 2 N–H and O–H groups in total. The quantitative estimate of drug-likeness (QED) is 0.893. The van der Waals surface area contributed by atoms with E-state index in [1.807, 2.05) is 17.5 Å². The molecule has 2 heterocycles. The van der Waals surface area contributed by atoms with Gasteiger partial charge in [-0.25, -0.2) is 4.98 Å². The molecule has 1 atom stereocenters. The number of halogens is 3. The van der Waals surface area contributed by atoms with Crippen LogP contribution in [0.5, 0.6) is 0 Å². The molecule has 0 radical (unpaired) electrons. The average Bonchev–Trinajstić information content (AvgIpc) is 2.97. The van der Waals surface area contributed by atoms with Gasteiger partial charge >= 0.3 is 6.18 Å². The molecule has 19 heavy (non-hydrogen) atoms. The monoisotopic (exact) mass is 308 g/mol. The summed E-state index contributed by atoms with van der Waals surface area (Å²) in [6.07, 6.45) is -6.93. The molecular weight excluding hydrogens is 297 g/mol. The number of nitrogens with zero attached hydrogens (tertiary/aromatic N) is 1. The van der Waals surface area contributed by atoms with Gasteiger partial charge in [0.15, 0.2) is 6.10 Å². The van der Waals surface area contributed by atoms with E-state index in [9.17, 15) is 13.2 Å². The topological polar surface area (TPSA) is 45.1 Å². The van der Waals surface area contributed by atoms with E-state index in [0.29, 0.717) is 5.69 Å². The molecule has 0 unspecified atom stereocenters. The van der Waals surface area contributed by atoms with Gasteiger partial charge in [-0.15, -0.1) is 22.7 Å². The smallest absolute Gasteiger partial charge is 0.382 e. The Balaban J connectivity index is 1.85. The van der Waals surface area contributed by atoms with E-state index < -0.39 is 18.8 Å². The fourth-order valence-electron chi connectivity index (χ4n) is 1.35. The molecule has 0 bridgehead atoms. The van der Waals surface area contributed by atoms with Gasteiger partial charge in [-0.05, 0) is 11.4 Å². The number of rotatable bonds is 5. The molecule has 0 spiro atoms. The first kappa shape index (κ1) is 14.4. The minimum atomic E-state index is -4.59. The molecule has 2 aromatic rings. The Hall–Kier alpha value is -0.960. The van der Waals surface area contributed by atoms with E-state index in [-0.39, 0.29) is 6.54 Å². The minimum absolute atomic E-state index is 0.203. The SMILES string of the molecule is O[C@H](CNCc1csc(-c2cccs2)n1)C(F)(F)F. The van der Waals surface area contributed by atoms with Gasteiger partial charge in [-0.1, -0.05) is 6.07 Å². The number of hydrogen-bond acceptors (Lipinski definition) is 5. The average molecular weight is 308 g/mol.